The van der Waals surface area contributed by atoms with E-state index in [0.717, 1.165) is 0 Å². The minimum Gasteiger partial charge on any atom is -0.446 e. The molecule has 0 aliphatic heterocycles. The molecule has 0 aromatic heterocycles. The standard InChI is InChI=1S/C12H12Cl2N2O4S/c1-7(6-15)20-12(17)8(2)16-21(18,19)9-3-4-10(13)11(14)5-9/h3-5,7-8,16H,1-2H3/t7-,8-/m0/s1. The third-order valence-electron chi connectivity index (χ3n) is 2.36. The summed E-state index contributed by atoms with van der Waals surface area (Å²) in [4.78, 5) is 11.5. The third kappa shape index (κ3) is 4.86. The minimum absolute atomic E-state index is 0.0767. The van der Waals surface area contributed by atoms with Gasteiger partial charge in [0, 0.05) is 0 Å². The van der Waals surface area contributed by atoms with Gasteiger partial charge in [0.15, 0.2) is 6.10 Å². The maximum absolute atomic E-state index is 12.1. The molecule has 1 aromatic carbocycles. The van der Waals surface area contributed by atoms with Gasteiger partial charge in [0.1, 0.15) is 12.1 Å². The molecular formula is C12H12Cl2N2O4S. The Bertz CT molecular complexity index is 685. The molecule has 21 heavy (non-hydrogen) atoms. The fraction of sp³-hybridized carbons (Fsp3) is 0.333. The van der Waals surface area contributed by atoms with E-state index in [1.54, 1.807) is 6.07 Å². The summed E-state index contributed by atoms with van der Waals surface area (Å²) in [5, 5.41) is 8.83. The van der Waals surface area contributed by atoms with Crippen molar-refractivity contribution in [2.24, 2.45) is 0 Å². The first kappa shape index (κ1) is 17.7. The predicted molar refractivity (Wildman–Crippen MR) is 77.4 cm³/mol. The van der Waals surface area contributed by atoms with Crippen molar-refractivity contribution in [1.82, 2.24) is 4.72 Å². The SMILES string of the molecule is C[C@H](NS(=O)(=O)c1ccc(Cl)c(Cl)c1)C(=O)O[C@@H](C)C#N. The molecule has 9 heteroatoms. The number of hydrogen-bond donors (Lipinski definition) is 1. The second kappa shape index (κ2) is 7.09. The van der Waals surface area contributed by atoms with E-state index in [0.29, 0.717) is 0 Å². The maximum Gasteiger partial charge on any atom is 0.325 e. The number of hydrogen-bond acceptors (Lipinski definition) is 5. The van der Waals surface area contributed by atoms with E-state index in [2.05, 4.69) is 4.72 Å². The van der Waals surface area contributed by atoms with Gasteiger partial charge in [-0.1, -0.05) is 23.2 Å². The van der Waals surface area contributed by atoms with Crippen LogP contribution in [-0.2, 0) is 19.6 Å². The molecule has 2 atom stereocenters. The Morgan fingerprint density at radius 1 is 1.33 bits per heavy atom. The van der Waals surface area contributed by atoms with E-state index in [-0.39, 0.29) is 14.9 Å². The lowest BCUT2D eigenvalue weighted by Gasteiger charge is -2.14. The van der Waals surface area contributed by atoms with E-state index in [9.17, 15) is 13.2 Å². The van der Waals surface area contributed by atoms with Crippen molar-refractivity contribution in [3.8, 4) is 6.07 Å². The first-order valence-electron chi connectivity index (χ1n) is 5.75. The molecule has 0 unspecified atom stereocenters. The van der Waals surface area contributed by atoms with Gasteiger partial charge < -0.3 is 4.74 Å². The summed E-state index contributed by atoms with van der Waals surface area (Å²) in [6.07, 6.45) is -0.963. The van der Waals surface area contributed by atoms with E-state index in [1.807, 2.05) is 0 Å². The Kier molecular flexibility index (Phi) is 5.98. The largest absolute Gasteiger partial charge is 0.446 e. The zero-order chi connectivity index (χ0) is 16.2. The molecule has 1 rings (SSSR count). The molecule has 0 bridgehead atoms. The van der Waals surface area contributed by atoms with Crippen molar-refractivity contribution in [3.63, 3.8) is 0 Å². The van der Waals surface area contributed by atoms with Gasteiger partial charge in [0.2, 0.25) is 10.0 Å². The van der Waals surface area contributed by atoms with Crippen molar-refractivity contribution in [1.29, 1.82) is 5.26 Å². The number of carbonyl (C=O) groups excluding carboxylic acids is 1. The molecule has 0 saturated heterocycles. The first-order valence-corrected chi connectivity index (χ1v) is 7.98. The molecule has 0 aliphatic carbocycles. The van der Waals surface area contributed by atoms with Crippen LogP contribution in [0.5, 0.6) is 0 Å². The smallest absolute Gasteiger partial charge is 0.325 e. The Morgan fingerprint density at radius 3 is 2.48 bits per heavy atom. The van der Waals surface area contributed by atoms with Gasteiger partial charge in [0.05, 0.1) is 14.9 Å². The van der Waals surface area contributed by atoms with Crippen LogP contribution in [0.1, 0.15) is 13.8 Å². The summed E-state index contributed by atoms with van der Waals surface area (Å²) in [5.41, 5.74) is 0. The predicted octanol–water partition coefficient (Wildman–Crippen LogP) is 2.12. The fourth-order valence-electron chi connectivity index (χ4n) is 1.30. The second-order valence-corrected chi connectivity index (χ2v) is 6.66. The van der Waals surface area contributed by atoms with E-state index < -0.39 is 28.1 Å². The van der Waals surface area contributed by atoms with E-state index >= 15 is 0 Å². The Balaban J connectivity index is 2.87. The normalized spacial score (nSPS) is 14.0. The third-order valence-corrected chi connectivity index (χ3v) is 4.64. The number of carbonyl (C=O) groups is 1. The Morgan fingerprint density at radius 2 is 1.95 bits per heavy atom. The maximum atomic E-state index is 12.1. The van der Waals surface area contributed by atoms with Gasteiger partial charge in [-0.15, -0.1) is 0 Å². The highest BCUT2D eigenvalue weighted by Crippen LogP contribution is 2.24. The fourth-order valence-corrected chi connectivity index (χ4v) is 2.88. The number of sulfonamides is 1. The monoisotopic (exact) mass is 350 g/mol. The van der Waals surface area contributed by atoms with Gasteiger partial charge in [-0.2, -0.15) is 9.98 Å². The highest BCUT2D eigenvalue weighted by atomic mass is 35.5. The topological polar surface area (TPSA) is 96.3 Å². The average molecular weight is 351 g/mol. The molecule has 0 aliphatic rings. The van der Waals surface area contributed by atoms with Crippen LogP contribution in [0.15, 0.2) is 23.1 Å². The summed E-state index contributed by atoms with van der Waals surface area (Å²) >= 11 is 11.5. The molecule has 1 N–H and O–H groups in total. The number of nitrogens with one attached hydrogen (secondary N) is 1. The number of halogens is 2. The molecule has 6 nitrogen and oxygen atoms in total. The summed E-state index contributed by atoms with van der Waals surface area (Å²) in [6, 6.07) is 4.31. The van der Waals surface area contributed by atoms with Crippen LogP contribution in [-0.4, -0.2) is 26.5 Å². The van der Waals surface area contributed by atoms with Crippen LogP contribution >= 0.6 is 23.2 Å². The van der Waals surface area contributed by atoms with E-state index in [1.165, 1.54) is 32.0 Å². The number of ether oxygens (including phenoxy) is 1. The first-order chi connectivity index (χ1) is 9.67. The molecule has 1 aromatic rings. The lowest BCUT2D eigenvalue weighted by molar-refractivity contribution is -0.147. The number of nitriles is 1. The lowest BCUT2D eigenvalue weighted by Crippen LogP contribution is -2.40. The molecule has 0 fully saturated rings. The summed E-state index contributed by atoms with van der Waals surface area (Å²) < 4.78 is 31.0. The molecule has 0 radical (unpaired) electrons. The van der Waals surface area contributed by atoms with Gasteiger partial charge in [0.25, 0.3) is 0 Å². The van der Waals surface area contributed by atoms with Crippen LogP contribution in [0.4, 0.5) is 0 Å². The number of esters is 1. The van der Waals surface area contributed by atoms with Gasteiger partial charge >= 0.3 is 5.97 Å². The highest BCUT2D eigenvalue weighted by Gasteiger charge is 2.24. The van der Waals surface area contributed by atoms with Crippen molar-refractivity contribution in [2.75, 3.05) is 0 Å². The lowest BCUT2D eigenvalue weighted by atomic mass is 10.3. The Hall–Kier alpha value is -1.33. The number of nitrogens with zero attached hydrogens (tertiary/aromatic N) is 1. The van der Waals surface area contributed by atoms with Gasteiger partial charge in [-0.05, 0) is 32.0 Å². The Labute approximate surface area is 132 Å². The van der Waals surface area contributed by atoms with E-state index in [4.69, 9.17) is 33.2 Å². The summed E-state index contributed by atoms with van der Waals surface area (Å²) in [7, 11) is -3.96. The van der Waals surface area contributed by atoms with Gasteiger partial charge in [-0.25, -0.2) is 8.42 Å². The van der Waals surface area contributed by atoms with Crippen LogP contribution in [0.3, 0.4) is 0 Å². The quantitative estimate of drug-likeness (QED) is 0.820. The zero-order valence-electron chi connectivity index (χ0n) is 11.1. The van der Waals surface area contributed by atoms with Crippen molar-refractivity contribution in [2.45, 2.75) is 30.9 Å². The molecule has 0 spiro atoms. The molecular weight excluding hydrogens is 339 g/mol. The van der Waals surface area contributed by atoms with Crippen molar-refractivity contribution >= 4 is 39.2 Å². The molecule has 0 heterocycles. The second-order valence-electron chi connectivity index (χ2n) is 4.13. The zero-order valence-corrected chi connectivity index (χ0v) is 13.5. The number of benzene rings is 1. The van der Waals surface area contributed by atoms with Crippen LogP contribution in [0, 0.1) is 11.3 Å². The average Bonchev–Trinajstić information content (AvgIpc) is 2.40. The van der Waals surface area contributed by atoms with Crippen LogP contribution in [0.2, 0.25) is 10.0 Å². The van der Waals surface area contributed by atoms with Crippen molar-refractivity contribution in [3.05, 3.63) is 28.2 Å². The molecule has 0 amide bonds. The van der Waals surface area contributed by atoms with Crippen molar-refractivity contribution < 1.29 is 17.9 Å². The highest BCUT2D eigenvalue weighted by molar-refractivity contribution is 7.89. The molecule has 0 saturated carbocycles. The minimum atomic E-state index is -3.96. The summed E-state index contributed by atoms with van der Waals surface area (Å²) in [6.45, 7) is 2.68. The number of rotatable bonds is 5. The molecule has 114 valence electrons. The van der Waals surface area contributed by atoms with Gasteiger partial charge in [-0.3, -0.25) is 4.79 Å². The van der Waals surface area contributed by atoms with Crippen LogP contribution in [0.25, 0.3) is 0 Å². The summed E-state index contributed by atoms with van der Waals surface area (Å²) in [5.74, 6) is -0.854. The van der Waals surface area contributed by atoms with Crippen LogP contribution < -0.4 is 4.72 Å².